The molecule has 0 spiro atoms. The Hall–Kier alpha value is -3.71. The largest absolute Gasteiger partial charge is 0.494 e. The first-order chi connectivity index (χ1) is 16.5. The Bertz CT molecular complexity index is 1370. The molecule has 0 saturated carbocycles. The first kappa shape index (κ1) is 22.1. The number of nitrogens with zero attached hydrogens (tertiary/aromatic N) is 3. The third-order valence-electron chi connectivity index (χ3n) is 5.98. The van der Waals surface area contributed by atoms with Crippen molar-refractivity contribution in [3.8, 4) is 11.5 Å². The number of hydrogen-bond acceptors (Lipinski definition) is 5. The van der Waals surface area contributed by atoms with Gasteiger partial charge >= 0.3 is 0 Å². The average molecular weight is 477 g/mol. The predicted octanol–water partition coefficient (Wildman–Crippen LogP) is 5.04. The number of ether oxygens (including phenoxy) is 2. The molecule has 1 aliphatic rings. The molecule has 174 valence electrons. The Morgan fingerprint density at radius 2 is 1.97 bits per heavy atom. The summed E-state index contributed by atoms with van der Waals surface area (Å²) in [5.41, 5.74) is 4.69. The van der Waals surface area contributed by atoms with Crippen LogP contribution in [0, 0.1) is 6.92 Å². The van der Waals surface area contributed by atoms with Crippen LogP contribution in [0.2, 0.25) is 5.02 Å². The number of methoxy groups -OCH3 is 1. The Morgan fingerprint density at radius 3 is 2.79 bits per heavy atom. The number of hydrogen-bond donors (Lipinski definition) is 1. The van der Waals surface area contributed by atoms with E-state index in [1.165, 1.54) is 5.52 Å². The monoisotopic (exact) mass is 476 g/mol. The highest BCUT2D eigenvalue weighted by Gasteiger charge is 2.21. The van der Waals surface area contributed by atoms with Crippen molar-refractivity contribution >= 4 is 39.9 Å². The second kappa shape index (κ2) is 9.27. The minimum atomic E-state index is -0.273. The summed E-state index contributed by atoms with van der Waals surface area (Å²) < 4.78 is 13.4. The lowest BCUT2D eigenvalue weighted by Crippen LogP contribution is -2.33. The van der Waals surface area contributed by atoms with E-state index in [4.69, 9.17) is 26.1 Å². The number of benzene rings is 3. The molecule has 0 saturated heterocycles. The summed E-state index contributed by atoms with van der Waals surface area (Å²) in [7, 11) is 1.59. The summed E-state index contributed by atoms with van der Waals surface area (Å²) in [6.45, 7) is 4.20. The summed E-state index contributed by atoms with van der Waals surface area (Å²) in [6, 6.07) is 19.3. The summed E-state index contributed by atoms with van der Waals surface area (Å²) in [5, 5.41) is 3.53. The van der Waals surface area contributed by atoms with Crippen molar-refractivity contribution in [1.29, 1.82) is 0 Å². The van der Waals surface area contributed by atoms with E-state index in [0.29, 0.717) is 28.8 Å². The topological polar surface area (TPSA) is 68.6 Å². The van der Waals surface area contributed by atoms with Crippen molar-refractivity contribution in [2.75, 3.05) is 30.5 Å². The van der Waals surface area contributed by atoms with Gasteiger partial charge in [-0.15, -0.1) is 0 Å². The highest BCUT2D eigenvalue weighted by molar-refractivity contribution is 6.31. The number of carbonyl (C=O) groups is 1. The normalized spacial score (nSPS) is 13.0. The molecule has 1 aromatic heterocycles. The fraction of sp³-hybridized carbons (Fsp3) is 0.231. The highest BCUT2D eigenvalue weighted by atomic mass is 35.5. The van der Waals surface area contributed by atoms with E-state index in [1.54, 1.807) is 25.3 Å². The third-order valence-corrected chi connectivity index (χ3v) is 6.41. The zero-order chi connectivity index (χ0) is 23.7. The van der Waals surface area contributed by atoms with Crippen LogP contribution in [-0.2, 0) is 17.9 Å². The highest BCUT2D eigenvalue weighted by Crippen LogP contribution is 2.32. The van der Waals surface area contributed by atoms with Crippen LogP contribution >= 0.6 is 11.6 Å². The maximum atomic E-state index is 12.5. The predicted molar refractivity (Wildman–Crippen MR) is 134 cm³/mol. The van der Waals surface area contributed by atoms with Crippen LogP contribution in [0.5, 0.6) is 11.5 Å². The van der Waals surface area contributed by atoms with Gasteiger partial charge in [0.2, 0.25) is 0 Å². The number of imidazole rings is 1. The number of fused-ring (bicyclic) bond motifs is 3. The van der Waals surface area contributed by atoms with E-state index in [9.17, 15) is 4.79 Å². The molecule has 5 rings (SSSR count). The molecule has 0 fully saturated rings. The molecular formula is C26H25ClN4O3. The molecule has 7 nitrogen and oxygen atoms in total. The fourth-order valence-corrected chi connectivity index (χ4v) is 4.33. The van der Waals surface area contributed by atoms with Gasteiger partial charge in [-0.3, -0.25) is 4.79 Å². The number of halogens is 1. The van der Waals surface area contributed by atoms with Crippen LogP contribution < -0.4 is 19.7 Å². The minimum absolute atomic E-state index is 0.117. The van der Waals surface area contributed by atoms with E-state index in [0.717, 1.165) is 35.7 Å². The van der Waals surface area contributed by atoms with Gasteiger partial charge in [-0.1, -0.05) is 23.7 Å². The summed E-state index contributed by atoms with van der Waals surface area (Å²) >= 11 is 6.04. The van der Waals surface area contributed by atoms with E-state index < -0.39 is 0 Å². The standard InChI is InChI=1S/C26H25ClN4O3/c1-17-13-19(8-9-20(17)27)34-16-26(32)29-22-10-7-18(14-24(22)33-2)30-11-12-31-23-6-4-3-5-21(23)28-25(31)15-30/h3-10,13-14H,11-12,15-16H2,1-2H3,(H,29,32). The van der Waals surface area contributed by atoms with Gasteiger partial charge in [0.05, 0.1) is 30.4 Å². The van der Waals surface area contributed by atoms with E-state index >= 15 is 0 Å². The lowest BCUT2D eigenvalue weighted by Gasteiger charge is -2.30. The molecular weight excluding hydrogens is 452 g/mol. The van der Waals surface area contributed by atoms with Gasteiger partial charge in [0.15, 0.2) is 6.61 Å². The summed E-state index contributed by atoms with van der Waals surface area (Å²) in [4.78, 5) is 19.5. The first-order valence-corrected chi connectivity index (χ1v) is 11.5. The number of rotatable bonds is 6. The molecule has 0 unspecified atom stereocenters. The maximum Gasteiger partial charge on any atom is 0.262 e. The molecule has 1 N–H and O–H groups in total. The van der Waals surface area contributed by atoms with Gasteiger partial charge in [0.25, 0.3) is 5.91 Å². The Labute approximate surface area is 202 Å². The number of aromatic nitrogens is 2. The fourth-order valence-electron chi connectivity index (χ4n) is 4.21. The lowest BCUT2D eigenvalue weighted by atomic mass is 10.2. The van der Waals surface area contributed by atoms with Gasteiger partial charge < -0.3 is 24.3 Å². The average Bonchev–Trinajstić information content (AvgIpc) is 3.23. The zero-order valence-electron chi connectivity index (χ0n) is 19.0. The maximum absolute atomic E-state index is 12.5. The number of para-hydroxylation sites is 2. The van der Waals surface area contributed by atoms with Crippen molar-refractivity contribution in [1.82, 2.24) is 9.55 Å². The molecule has 1 amide bonds. The molecule has 0 bridgehead atoms. The molecule has 2 heterocycles. The number of aryl methyl sites for hydroxylation is 1. The van der Waals surface area contributed by atoms with E-state index in [-0.39, 0.29) is 12.5 Å². The van der Waals surface area contributed by atoms with Crippen molar-refractivity contribution in [2.45, 2.75) is 20.0 Å². The van der Waals surface area contributed by atoms with Gasteiger partial charge in [0, 0.05) is 29.9 Å². The Balaban J connectivity index is 1.26. The Kier molecular flexibility index (Phi) is 6.02. The van der Waals surface area contributed by atoms with Crippen LogP contribution in [0.4, 0.5) is 11.4 Å². The van der Waals surface area contributed by atoms with Crippen molar-refractivity contribution < 1.29 is 14.3 Å². The molecule has 4 aromatic rings. The van der Waals surface area contributed by atoms with Gasteiger partial charge in [-0.25, -0.2) is 4.98 Å². The third kappa shape index (κ3) is 4.39. The summed E-state index contributed by atoms with van der Waals surface area (Å²) in [5.74, 6) is 1.95. The van der Waals surface area contributed by atoms with Gasteiger partial charge in [-0.05, 0) is 55.0 Å². The van der Waals surface area contributed by atoms with E-state index in [1.807, 2.05) is 43.3 Å². The molecule has 0 aliphatic carbocycles. The number of anilines is 2. The van der Waals surface area contributed by atoms with Crippen molar-refractivity contribution in [3.63, 3.8) is 0 Å². The molecule has 8 heteroatoms. The SMILES string of the molecule is COc1cc(N2CCn3c(nc4ccccc43)C2)ccc1NC(=O)COc1ccc(Cl)c(C)c1. The summed E-state index contributed by atoms with van der Waals surface area (Å²) in [6.07, 6.45) is 0. The molecule has 34 heavy (non-hydrogen) atoms. The van der Waals surface area contributed by atoms with Gasteiger partial charge in [0.1, 0.15) is 17.3 Å². The molecule has 1 aliphatic heterocycles. The van der Waals surface area contributed by atoms with Crippen LogP contribution in [-0.4, -0.2) is 35.7 Å². The first-order valence-electron chi connectivity index (χ1n) is 11.1. The molecule has 0 atom stereocenters. The van der Waals surface area contributed by atoms with Crippen LogP contribution in [0.25, 0.3) is 11.0 Å². The second-order valence-electron chi connectivity index (χ2n) is 8.22. The zero-order valence-corrected chi connectivity index (χ0v) is 19.8. The van der Waals surface area contributed by atoms with Crippen molar-refractivity contribution in [3.05, 3.63) is 77.1 Å². The lowest BCUT2D eigenvalue weighted by molar-refractivity contribution is -0.118. The minimum Gasteiger partial charge on any atom is -0.494 e. The van der Waals surface area contributed by atoms with Gasteiger partial charge in [-0.2, -0.15) is 0 Å². The van der Waals surface area contributed by atoms with E-state index in [2.05, 4.69) is 20.9 Å². The Morgan fingerprint density at radius 1 is 1.12 bits per heavy atom. The smallest absolute Gasteiger partial charge is 0.262 e. The van der Waals surface area contributed by atoms with Crippen molar-refractivity contribution in [2.24, 2.45) is 0 Å². The number of nitrogens with one attached hydrogen (secondary N) is 1. The molecule has 3 aromatic carbocycles. The second-order valence-corrected chi connectivity index (χ2v) is 8.63. The van der Waals surface area contributed by atoms with Crippen LogP contribution in [0.1, 0.15) is 11.4 Å². The van der Waals surface area contributed by atoms with Crippen LogP contribution in [0.15, 0.2) is 60.7 Å². The number of carbonyl (C=O) groups excluding carboxylic acids is 1. The molecule has 0 radical (unpaired) electrons. The van der Waals surface area contributed by atoms with Crippen LogP contribution in [0.3, 0.4) is 0 Å². The number of amides is 1. The quantitative estimate of drug-likeness (QED) is 0.422.